The summed E-state index contributed by atoms with van der Waals surface area (Å²) in [5, 5.41) is 0. The molecule has 2 aliphatic heterocycles. The van der Waals surface area contributed by atoms with Crippen LogP contribution < -0.4 is 4.90 Å². The highest BCUT2D eigenvalue weighted by Crippen LogP contribution is 2.23. The van der Waals surface area contributed by atoms with Crippen LogP contribution in [0.15, 0.2) is 16.9 Å². The van der Waals surface area contributed by atoms with Gasteiger partial charge >= 0.3 is 0 Å². The third kappa shape index (κ3) is 2.45. The van der Waals surface area contributed by atoms with Crippen LogP contribution in [0.2, 0.25) is 0 Å². The van der Waals surface area contributed by atoms with Crippen LogP contribution in [0.1, 0.15) is 19.3 Å². The third-order valence-corrected chi connectivity index (χ3v) is 4.10. The van der Waals surface area contributed by atoms with Crippen molar-refractivity contribution in [2.24, 2.45) is 0 Å². The van der Waals surface area contributed by atoms with E-state index in [-0.39, 0.29) is 0 Å². The summed E-state index contributed by atoms with van der Waals surface area (Å²) < 4.78 is 0.943. The Kier molecular flexibility index (Phi) is 3.29. The molecule has 1 unspecified atom stereocenters. The first kappa shape index (κ1) is 11.4. The minimum atomic E-state index is 0.713. The number of aromatic nitrogens is 2. The lowest BCUT2D eigenvalue weighted by atomic mass is 10.2. The predicted molar refractivity (Wildman–Crippen MR) is 71.2 cm³/mol. The normalized spacial score (nSPS) is 25.7. The molecule has 4 nitrogen and oxygen atoms in total. The minimum Gasteiger partial charge on any atom is -0.339 e. The summed E-state index contributed by atoms with van der Waals surface area (Å²) in [6.07, 6.45) is 7.56. The quantitative estimate of drug-likeness (QED) is 0.792. The van der Waals surface area contributed by atoms with Gasteiger partial charge in [-0.3, -0.25) is 4.90 Å². The molecule has 0 saturated carbocycles. The molecule has 92 valence electrons. The van der Waals surface area contributed by atoms with Gasteiger partial charge in [0.2, 0.25) is 5.95 Å². The Labute approximate surface area is 110 Å². The van der Waals surface area contributed by atoms with E-state index in [2.05, 4.69) is 35.7 Å². The first-order valence-electron chi connectivity index (χ1n) is 6.29. The molecule has 2 fully saturated rings. The lowest BCUT2D eigenvalue weighted by molar-refractivity contribution is 0.273. The van der Waals surface area contributed by atoms with Crippen molar-refractivity contribution in [2.75, 3.05) is 31.1 Å². The van der Waals surface area contributed by atoms with Crippen LogP contribution in [-0.2, 0) is 0 Å². The van der Waals surface area contributed by atoms with Gasteiger partial charge in [0, 0.05) is 38.1 Å². The molecule has 2 saturated heterocycles. The van der Waals surface area contributed by atoms with Crippen LogP contribution in [-0.4, -0.2) is 47.1 Å². The topological polar surface area (TPSA) is 32.3 Å². The van der Waals surface area contributed by atoms with E-state index < -0.39 is 0 Å². The van der Waals surface area contributed by atoms with Gasteiger partial charge < -0.3 is 4.90 Å². The fourth-order valence-electron chi connectivity index (χ4n) is 2.86. The van der Waals surface area contributed by atoms with Gasteiger partial charge in [-0.25, -0.2) is 9.97 Å². The molecule has 0 aliphatic carbocycles. The van der Waals surface area contributed by atoms with Gasteiger partial charge in [-0.2, -0.15) is 0 Å². The van der Waals surface area contributed by atoms with Crippen molar-refractivity contribution in [1.82, 2.24) is 14.9 Å². The summed E-state index contributed by atoms with van der Waals surface area (Å²) in [6, 6.07) is 0.713. The van der Waals surface area contributed by atoms with Crippen molar-refractivity contribution < 1.29 is 0 Å². The fourth-order valence-corrected chi connectivity index (χ4v) is 3.06. The van der Waals surface area contributed by atoms with Gasteiger partial charge in [-0.05, 0) is 41.7 Å². The van der Waals surface area contributed by atoms with E-state index in [1.165, 1.54) is 32.4 Å². The molecule has 1 aromatic heterocycles. The fraction of sp³-hybridized carbons (Fsp3) is 0.667. The van der Waals surface area contributed by atoms with Gasteiger partial charge in [0.25, 0.3) is 0 Å². The SMILES string of the molecule is Brc1cnc(N2CCCN3CCCC3C2)nc1. The van der Waals surface area contributed by atoms with E-state index in [0.29, 0.717) is 6.04 Å². The second-order valence-electron chi connectivity index (χ2n) is 4.83. The second kappa shape index (κ2) is 4.90. The van der Waals surface area contributed by atoms with Crippen LogP contribution in [0.4, 0.5) is 5.95 Å². The lowest BCUT2D eigenvalue weighted by Crippen LogP contribution is -2.37. The van der Waals surface area contributed by atoms with Gasteiger partial charge in [-0.15, -0.1) is 0 Å². The van der Waals surface area contributed by atoms with Crippen LogP contribution in [0.5, 0.6) is 0 Å². The van der Waals surface area contributed by atoms with E-state index in [9.17, 15) is 0 Å². The maximum atomic E-state index is 4.41. The molecule has 0 bridgehead atoms. The second-order valence-corrected chi connectivity index (χ2v) is 5.75. The maximum Gasteiger partial charge on any atom is 0.225 e. The molecule has 0 spiro atoms. The summed E-state index contributed by atoms with van der Waals surface area (Å²) in [4.78, 5) is 13.8. The van der Waals surface area contributed by atoms with Gasteiger partial charge in [-0.1, -0.05) is 0 Å². The molecule has 0 N–H and O–H groups in total. The van der Waals surface area contributed by atoms with Crippen molar-refractivity contribution >= 4 is 21.9 Å². The minimum absolute atomic E-state index is 0.713. The molecule has 1 atom stereocenters. The monoisotopic (exact) mass is 296 g/mol. The first-order valence-corrected chi connectivity index (χ1v) is 7.09. The van der Waals surface area contributed by atoms with Crippen LogP contribution in [0.25, 0.3) is 0 Å². The van der Waals surface area contributed by atoms with Crippen LogP contribution in [0.3, 0.4) is 0 Å². The van der Waals surface area contributed by atoms with E-state index >= 15 is 0 Å². The van der Waals surface area contributed by atoms with E-state index in [1.54, 1.807) is 0 Å². The number of halogens is 1. The Hall–Kier alpha value is -0.680. The highest BCUT2D eigenvalue weighted by Gasteiger charge is 2.29. The number of anilines is 1. The highest BCUT2D eigenvalue weighted by atomic mass is 79.9. The largest absolute Gasteiger partial charge is 0.339 e. The standard InChI is InChI=1S/C12H17BrN4/c13-10-7-14-12(15-8-10)17-6-2-5-16-4-1-3-11(16)9-17/h7-8,11H,1-6,9H2. The molecule has 2 aliphatic rings. The van der Waals surface area contributed by atoms with Gasteiger partial charge in [0.15, 0.2) is 0 Å². The first-order chi connectivity index (χ1) is 8.33. The Morgan fingerprint density at radius 2 is 1.88 bits per heavy atom. The summed E-state index contributed by atoms with van der Waals surface area (Å²) in [5.74, 6) is 0.877. The van der Waals surface area contributed by atoms with Crippen molar-refractivity contribution in [3.05, 3.63) is 16.9 Å². The third-order valence-electron chi connectivity index (χ3n) is 3.69. The lowest BCUT2D eigenvalue weighted by Gasteiger charge is -2.25. The van der Waals surface area contributed by atoms with Crippen LogP contribution >= 0.6 is 15.9 Å². The van der Waals surface area contributed by atoms with Gasteiger partial charge in [0.1, 0.15) is 0 Å². The summed E-state index contributed by atoms with van der Waals surface area (Å²) >= 11 is 3.38. The Morgan fingerprint density at radius 3 is 2.71 bits per heavy atom. The predicted octanol–water partition coefficient (Wildman–Crippen LogP) is 1.91. The van der Waals surface area contributed by atoms with E-state index in [4.69, 9.17) is 0 Å². The number of hydrogen-bond acceptors (Lipinski definition) is 4. The summed E-state index contributed by atoms with van der Waals surface area (Å²) in [7, 11) is 0. The molecule has 3 rings (SSSR count). The number of fused-ring (bicyclic) bond motifs is 1. The molecule has 17 heavy (non-hydrogen) atoms. The molecular formula is C12H17BrN4. The van der Waals surface area contributed by atoms with Crippen molar-refractivity contribution in [3.63, 3.8) is 0 Å². The Morgan fingerprint density at radius 1 is 1.12 bits per heavy atom. The van der Waals surface area contributed by atoms with Gasteiger partial charge in [0.05, 0.1) is 4.47 Å². The van der Waals surface area contributed by atoms with Crippen molar-refractivity contribution in [3.8, 4) is 0 Å². The average molecular weight is 297 g/mol. The number of hydrogen-bond donors (Lipinski definition) is 0. The molecular weight excluding hydrogens is 280 g/mol. The summed E-state index contributed by atoms with van der Waals surface area (Å²) in [5.41, 5.74) is 0. The molecule has 1 aromatic rings. The van der Waals surface area contributed by atoms with E-state index in [1.807, 2.05) is 12.4 Å². The van der Waals surface area contributed by atoms with E-state index in [0.717, 1.165) is 23.5 Å². The zero-order valence-corrected chi connectivity index (χ0v) is 11.4. The zero-order valence-electron chi connectivity index (χ0n) is 9.85. The summed E-state index contributed by atoms with van der Waals surface area (Å²) in [6.45, 7) is 4.67. The number of rotatable bonds is 1. The molecule has 0 aromatic carbocycles. The van der Waals surface area contributed by atoms with Crippen molar-refractivity contribution in [2.45, 2.75) is 25.3 Å². The average Bonchev–Trinajstić information content (AvgIpc) is 2.68. The molecule has 3 heterocycles. The highest BCUT2D eigenvalue weighted by molar-refractivity contribution is 9.10. The Balaban J connectivity index is 1.76. The molecule has 0 radical (unpaired) electrons. The molecule has 5 heteroatoms. The smallest absolute Gasteiger partial charge is 0.225 e. The maximum absolute atomic E-state index is 4.41. The van der Waals surface area contributed by atoms with Crippen LogP contribution in [0, 0.1) is 0 Å². The van der Waals surface area contributed by atoms with Crippen molar-refractivity contribution in [1.29, 1.82) is 0 Å². The zero-order chi connectivity index (χ0) is 11.7. The molecule has 0 amide bonds. The Bertz CT molecular complexity index is 381. The number of nitrogens with zero attached hydrogens (tertiary/aromatic N) is 4.